The van der Waals surface area contributed by atoms with E-state index in [1.54, 1.807) is 30.3 Å². The smallest absolute Gasteiger partial charge is 0.416 e. The summed E-state index contributed by atoms with van der Waals surface area (Å²) in [6.45, 7) is 19.4. The third-order valence-electron chi connectivity index (χ3n) is 17.4. The van der Waals surface area contributed by atoms with Crippen LogP contribution in [0.25, 0.3) is 0 Å². The molecule has 472 valence electrons. The number of nitrogen functional groups attached to an aromatic ring is 1. The van der Waals surface area contributed by atoms with Gasteiger partial charge < -0.3 is 70.2 Å². The summed E-state index contributed by atoms with van der Waals surface area (Å²) in [6, 6.07) is 10.3. The molecule has 0 radical (unpaired) electrons. The Labute approximate surface area is 527 Å². The summed E-state index contributed by atoms with van der Waals surface area (Å²) in [5.41, 5.74) is 5.82. The Morgan fingerprint density at radius 2 is 0.977 bits per heavy atom. The summed E-state index contributed by atoms with van der Waals surface area (Å²) < 4.78 is 21.4. The van der Waals surface area contributed by atoms with Gasteiger partial charge in [-0.1, -0.05) is 34.8 Å². The van der Waals surface area contributed by atoms with Gasteiger partial charge >= 0.3 is 6.09 Å². The van der Waals surface area contributed by atoms with Crippen molar-refractivity contribution in [2.75, 3.05) is 169 Å². The molecule has 28 heteroatoms. The van der Waals surface area contributed by atoms with Crippen molar-refractivity contribution in [3.05, 3.63) is 75.2 Å². The highest BCUT2D eigenvalue weighted by Gasteiger charge is 2.47. The molecule has 6 saturated heterocycles. The van der Waals surface area contributed by atoms with Gasteiger partial charge in [0, 0.05) is 80.5 Å². The molecule has 6 N–H and O–H groups in total. The molecule has 6 aliphatic heterocycles. The lowest BCUT2D eigenvalue weighted by Gasteiger charge is -2.34. The average Bonchev–Trinajstić information content (AvgIpc) is 2.24. The third-order valence-corrected chi connectivity index (χ3v) is 18.0. The molecular formula is C60H78Cl3N17O8. The van der Waals surface area contributed by atoms with Crippen LogP contribution in [0.2, 0.25) is 15.1 Å². The lowest BCUT2D eigenvalue weighted by atomic mass is 9.93. The van der Waals surface area contributed by atoms with Crippen LogP contribution < -0.4 is 51.1 Å². The molecule has 3 amide bonds. The van der Waals surface area contributed by atoms with E-state index < -0.39 is 23.1 Å². The molecular weight excluding hydrogens is 1190 g/mol. The van der Waals surface area contributed by atoms with E-state index in [2.05, 4.69) is 65.4 Å². The maximum absolute atomic E-state index is 13.6. The van der Waals surface area contributed by atoms with E-state index >= 15 is 0 Å². The standard InChI is InChI=1S/C26H32ClN7O4.C25H34ClN7O3.C9H12ClN3O/c1-25(2)16-38-24(36)34(25)20-15-28-21(22(31-20)33-7-5-26(3-4-26)6-8-33)23(35)30-18-13-17(27)14-19(29-18)32-9-11-37-12-10-32;1-24(2,16-34)31-19-15-27-21(22(29-19)33-7-5-25(3-4-25)6-8-33)23(35)30-18-13-17(26)14-20(28-18)32-9-11-36-12-10-32;10-7-5-8(11)12-9(6-7)13-1-3-14-4-2-13/h13-15H,3-12,16H2,1-2H3,(H,29,30,35);13-15,34H,3-12,16H2,1-2H3,(H,29,31)(H,28,30,35);5-6H,1-4H2,(H2,11,12). The summed E-state index contributed by atoms with van der Waals surface area (Å²) in [4.78, 5) is 83.7. The summed E-state index contributed by atoms with van der Waals surface area (Å²) in [7, 11) is 0. The summed E-state index contributed by atoms with van der Waals surface area (Å²) in [6.07, 6.45) is 11.9. The van der Waals surface area contributed by atoms with Crippen molar-refractivity contribution < 1.29 is 38.4 Å². The number of hydrogen-bond donors (Lipinski definition) is 5. The Morgan fingerprint density at radius 1 is 0.557 bits per heavy atom. The number of aromatic nitrogens is 7. The second-order valence-electron chi connectivity index (χ2n) is 25.0. The highest BCUT2D eigenvalue weighted by Crippen LogP contribution is 2.55. The molecule has 0 unspecified atom stereocenters. The Bertz CT molecular complexity index is 3300. The van der Waals surface area contributed by atoms with Gasteiger partial charge in [-0.25, -0.2) is 39.7 Å². The second kappa shape index (κ2) is 26.7. The topological polar surface area (TPSA) is 280 Å². The molecule has 2 spiro atoms. The number of nitrogens with two attached hydrogens (primary N) is 1. The summed E-state index contributed by atoms with van der Waals surface area (Å²) >= 11 is 18.6. The first kappa shape index (κ1) is 62.7. The number of ether oxygens (including phenoxy) is 4. The van der Waals surface area contributed by atoms with E-state index in [4.69, 9.17) is 69.5 Å². The van der Waals surface area contributed by atoms with Gasteiger partial charge in [0.25, 0.3) is 11.8 Å². The minimum absolute atomic E-state index is 0.0651. The van der Waals surface area contributed by atoms with Gasteiger partial charge in [0.2, 0.25) is 0 Å². The predicted molar refractivity (Wildman–Crippen MR) is 340 cm³/mol. The second-order valence-corrected chi connectivity index (χ2v) is 26.3. The Morgan fingerprint density at radius 3 is 1.39 bits per heavy atom. The number of pyridine rings is 3. The number of nitrogens with zero attached hydrogens (tertiary/aromatic N) is 13. The molecule has 0 aromatic carbocycles. The monoisotopic (exact) mass is 1270 g/mol. The van der Waals surface area contributed by atoms with Gasteiger partial charge in [-0.3, -0.25) is 14.5 Å². The molecule has 5 aromatic rings. The number of halogens is 3. The Hall–Kier alpha value is -6.87. The predicted octanol–water partition coefficient (Wildman–Crippen LogP) is 8.06. The molecule has 13 rings (SSSR count). The molecule has 2 aliphatic carbocycles. The maximum atomic E-state index is 13.6. The molecule has 8 aliphatic rings. The minimum atomic E-state index is -0.576. The number of amides is 3. The van der Waals surface area contributed by atoms with E-state index in [0.29, 0.717) is 131 Å². The number of anilines is 10. The first-order valence-electron chi connectivity index (χ1n) is 30.2. The zero-order valence-electron chi connectivity index (χ0n) is 50.3. The van der Waals surface area contributed by atoms with Gasteiger partial charge in [0.15, 0.2) is 28.8 Å². The quantitative estimate of drug-likeness (QED) is 0.0745. The van der Waals surface area contributed by atoms with Crippen LogP contribution in [0.3, 0.4) is 0 Å². The number of carbonyl (C=O) groups excluding carboxylic acids is 3. The Balaban J connectivity index is 0.000000150. The number of aliphatic hydroxyl groups excluding tert-OH is 1. The van der Waals surface area contributed by atoms with Crippen molar-refractivity contribution in [3.63, 3.8) is 0 Å². The number of morpholine rings is 3. The number of aliphatic hydroxyl groups is 1. The molecule has 8 fully saturated rings. The SMILES string of the molecule is CC(C)(CO)Nc1cnc(C(=O)Nc2cc(Cl)cc(N3CCOCC3)n2)c(N2CCC3(CC2)CC3)n1.CC1(C)COC(=O)N1c1cnc(C(=O)Nc2cc(Cl)cc(N3CCOCC3)n2)c(N2CCC3(CC2)CC3)n1.Nc1cc(Cl)cc(N2CCOCC2)n1. The van der Waals surface area contributed by atoms with Crippen LogP contribution >= 0.6 is 34.8 Å². The molecule has 88 heavy (non-hydrogen) atoms. The van der Waals surface area contributed by atoms with Gasteiger partial charge in [0.05, 0.1) is 69.7 Å². The highest BCUT2D eigenvalue weighted by molar-refractivity contribution is 6.31. The van der Waals surface area contributed by atoms with Gasteiger partial charge in [0.1, 0.15) is 47.3 Å². The van der Waals surface area contributed by atoms with Crippen LogP contribution in [-0.2, 0) is 18.9 Å². The van der Waals surface area contributed by atoms with Gasteiger partial charge in [-0.2, -0.15) is 0 Å². The van der Waals surface area contributed by atoms with Crippen LogP contribution in [0.4, 0.5) is 63.0 Å². The normalized spacial score (nSPS) is 20.1. The molecule has 25 nitrogen and oxygen atoms in total. The first-order chi connectivity index (χ1) is 42.2. The molecule has 0 bridgehead atoms. The fourth-order valence-electron chi connectivity index (χ4n) is 11.6. The van der Waals surface area contributed by atoms with Crippen molar-refractivity contribution in [1.29, 1.82) is 0 Å². The molecule has 11 heterocycles. The zero-order chi connectivity index (χ0) is 61.8. The van der Waals surface area contributed by atoms with Crippen LogP contribution in [0.15, 0.2) is 48.8 Å². The van der Waals surface area contributed by atoms with Crippen molar-refractivity contribution in [2.45, 2.75) is 90.1 Å². The Kier molecular flexibility index (Phi) is 19.0. The molecule has 0 atom stereocenters. The van der Waals surface area contributed by atoms with E-state index in [9.17, 15) is 19.5 Å². The van der Waals surface area contributed by atoms with Crippen LogP contribution in [-0.4, -0.2) is 187 Å². The molecule has 5 aromatic heterocycles. The number of piperidine rings is 2. The van der Waals surface area contributed by atoms with E-state index in [-0.39, 0.29) is 30.5 Å². The lowest BCUT2D eigenvalue weighted by molar-refractivity contribution is 0.101. The number of carbonyl (C=O) groups is 3. The first-order valence-corrected chi connectivity index (χ1v) is 31.4. The van der Waals surface area contributed by atoms with Crippen molar-refractivity contribution in [2.24, 2.45) is 10.8 Å². The van der Waals surface area contributed by atoms with Crippen molar-refractivity contribution >= 4 is 111 Å². The third kappa shape index (κ3) is 15.4. The number of cyclic esters (lactones) is 1. The zero-order valence-corrected chi connectivity index (χ0v) is 52.6. The number of rotatable bonds is 13. The fraction of sp³-hybridized carbons (Fsp3) is 0.567. The van der Waals surface area contributed by atoms with Crippen LogP contribution in [0, 0.1) is 10.8 Å². The van der Waals surface area contributed by atoms with Gasteiger partial charge in [-0.05, 0) is 126 Å². The summed E-state index contributed by atoms with van der Waals surface area (Å²) in [5.74, 6) is 4.42. The van der Waals surface area contributed by atoms with Crippen LogP contribution in [0.1, 0.15) is 100 Å². The fourth-order valence-corrected chi connectivity index (χ4v) is 12.2. The largest absolute Gasteiger partial charge is 0.447 e. The summed E-state index contributed by atoms with van der Waals surface area (Å²) in [5, 5.41) is 20.2. The van der Waals surface area contributed by atoms with Gasteiger partial charge in [-0.15, -0.1) is 0 Å². The van der Waals surface area contributed by atoms with E-state index in [1.165, 1.54) is 43.0 Å². The maximum Gasteiger partial charge on any atom is 0.416 e. The van der Waals surface area contributed by atoms with Crippen LogP contribution in [0.5, 0.6) is 0 Å². The minimum Gasteiger partial charge on any atom is -0.447 e. The van der Waals surface area contributed by atoms with E-state index in [1.807, 2.05) is 33.8 Å². The number of nitrogens with one attached hydrogen (secondary N) is 3. The van der Waals surface area contributed by atoms with Crippen molar-refractivity contribution in [3.8, 4) is 0 Å². The highest BCUT2D eigenvalue weighted by atomic mass is 35.5. The number of hydrogen-bond acceptors (Lipinski definition) is 22. The lowest BCUT2D eigenvalue weighted by Crippen LogP contribution is -2.43. The van der Waals surface area contributed by atoms with Crippen molar-refractivity contribution in [1.82, 2.24) is 34.9 Å². The average molecular weight is 1270 g/mol. The van der Waals surface area contributed by atoms with E-state index in [0.717, 1.165) is 84.0 Å². The molecule has 2 saturated carbocycles.